The van der Waals surface area contributed by atoms with Crippen LogP contribution in [0, 0.1) is 5.92 Å². The van der Waals surface area contributed by atoms with Crippen molar-refractivity contribution in [2.75, 3.05) is 33.0 Å². The third kappa shape index (κ3) is 14.6. The minimum absolute atomic E-state index is 0.123. The number of aliphatic hydroxyl groups is 2. The molecule has 0 saturated heterocycles. The van der Waals surface area contributed by atoms with Crippen LogP contribution >= 0.6 is 0 Å². The van der Waals surface area contributed by atoms with Gasteiger partial charge in [0.25, 0.3) is 0 Å². The van der Waals surface area contributed by atoms with Gasteiger partial charge in [-0.05, 0) is 135 Å². The van der Waals surface area contributed by atoms with Crippen LogP contribution in [0.4, 0.5) is 0 Å². The van der Waals surface area contributed by atoms with Crippen molar-refractivity contribution in [3.05, 3.63) is 112 Å². The van der Waals surface area contributed by atoms with Gasteiger partial charge in [-0.2, -0.15) is 0 Å². The Bertz CT molecular complexity index is 1560. The molecule has 0 bridgehead atoms. The van der Waals surface area contributed by atoms with Crippen LogP contribution in [-0.2, 0) is 57.6 Å². The van der Waals surface area contributed by atoms with Crippen molar-refractivity contribution >= 4 is 11.9 Å². The molecule has 0 saturated carbocycles. The second-order valence-electron chi connectivity index (χ2n) is 14.2. The van der Waals surface area contributed by atoms with E-state index in [1.165, 1.54) is 41.5 Å². The summed E-state index contributed by atoms with van der Waals surface area (Å²) in [5.41, 5.74) is 10.2. The monoisotopic (exact) mass is 726 g/mol. The van der Waals surface area contributed by atoms with Gasteiger partial charge in [-0.25, -0.2) is 9.59 Å². The number of carbonyl (C=O) groups is 2. The number of hydrogen-bond acceptors (Lipinski definition) is 7. The van der Waals surface area contributed by atoms with E-state index in [4.69, 9.17) is 14.2 Å². The Morgan fingerprint density at radius 1 is 0.642 bits per heavy atom. The quantitative estimate of drug-likeness (QED) is 0.0511. The van der Waals surface area contributed by atoms with E-state index < -0.39 is 11.9 Å². The lowest BCUT2D eigenvalue weighted by molar-refractivity contribution is -0.139. The van der Waals surface area contributed by atoms with Crippen LogP contribution in [0.15, 0.2) is 78.9 Å². The van der Waals surface area contributed by atoms with Crippen molar-refractivity contribution < 1.29 is 34.0 Å². The summed E-state index contributed by atoms with van der Waals surface area (Å²) in [4.78, 5) is 24.1. The molecule has 0 amide bonds. The molecule has 0 radical (unpaired) electrons. The lowest BCUT2D eigenvalue weighted by atomic mass is 9.90. The number of hydrogen-bond donors (Lipinski definition) is 2. The highest BCUT2D eigenvalue weighted by Gasteiger charge is 2.18. The molecule has 0 aliphatic rings. The van der Waals surface area contributed by atoms with Crippen molar-refractivity contribution in [2.24, 2.45) is 5.92 Å². The maximum absolute atomic E-state index is 12.1. The number of unbranched alkanes of at least 4 members (excludes halogenated alkanes) is 2. The fourth-order valence-electron chi connectivity index (χ4n) is 6.25. The van der Waals surface area contributed by atoms with E-state index in [-0.39, 0.29) is 32.3 Å². The van der Waals surface area contributed by atoms with Crippen molar-refractivity contribution in [3.63, 3.8) is 0 Å². The van der Waals surface area contributed by atoms with Crippen molar-refractivity contribution in [1.82, 2.24) is 0 Å². The Balaban J connectivity index is 1.92. The van der Waals surface area contributed by atoms with E-state index in [1.807, 2.05) is 0 Å². The molecule has 0 heterocycles. The van der Waals surface area contributed by atoms with Gasteiger partial charge >= 0.3 is 11.9 Å². The number of aryl methyl sites for hydroxylation is 6. The van der Waals surface area contributed by atoms with Crippen LogP contribution in [0.5, 0.6) is 5.75 Å². The Morgan fingerprint density at radius 3 is 1.68 bits per heavy atom. The Hall–Kier alpha value is -4.20. The third-order valence-corrected chi connectivity index (χ3v) is 9.53. The average Bonchev–Trinajstić information content (AvgIpc) is 3.16. The van der Waals surface area contributed by atoms with Gasteiger partial charge in [-0.1, -0.05) is 82.3 Å². The fourth-order valence-corrected chi connectivity index (χ4v) is 6.25. The summed E-state index contributed by atoms with van der Waals surface area (Å²) in [6.07, 6.45) is 10.6. The van der Waals surface area contributed by atoms with Crippen molar-refractivity contribution in [1.29, 1.82) is 0 Å². The Labute approximate surface area is 318 Å². The number of rotatable bonds is 25. The first-order valence-electron chi connectivity index (χ1n) is 19.5. The molecule has 3 rings (SSSR count). The maximum Gasteiger partial charge on any atom is 0.333 e. The molecule has 0 spiro atoms. The predicted molar refractivity (Wildman–Crippen MR) is 214 cm³/mol. The smallest absolute Gasteiger partial charge is 0.333 e. The number of ether oxygens (including phenoxy) is 3. The van der Waals surface area contributed by atoms with Crippen LogP contribution in [-0.4, -0.2) is 55.2 Å². The Morgan fingerprint density at radius 2 is 1.17 bits per heavy atom. The molecule has 0 fully saturated rings. The van der Waals surface area contributed by atoms with E-state index in [2.05, 4.69) is 81.6 Å². The summed E-state index contributed by atoms with van der Waals surface area (Å²) >= 11 is 0. The van der Waals surface area contributed by atoms with Crippen molar-refractivity contribution in [2.45, 2.75) is 105 Å². The summed E-state index contributed by atoms with van der Waals surface area (Å²) in [6.45, 7) is 15.6. The van der Waals surface area contributed by atoms with E-state index in [0.717, 1.165) is 53.7 Å². The highest BCUT2D eigenvalue weighted by Crippen LogP contribution is 2.35. The van der Waals surface area contributed by atoms with Gasteiger partial charge in [0.2, 0.25) is 0 Å². The summed E-state index contributed by atoms with van der Waals surface area (Å²) in [7, 11) is 0. The van der Waals surface area contributed by atoms with Gasteiger partial charge in [0.05, 0.1) is 19.8 Å². The zero-order chi connectivity index (χ0) is 38.6. The van der Waals surface area contributed by atoms with Gasteiger partial charge < -0.3 is 24.4 Å². The minimum Gasteiger partial charge on any atom is -0.493 e. The number of aliphatic hydroxyl groups excluding tert-OH is 2. The standard InChI is InChI=1S/C46H62O7/c1-7-9-10-13-35-16-18-36(19-17-35)20-21-37-22-23-43(39(8-2)28-37)42-29-40(14-11-25-52-45(49)33(3)4)44(51-27-24-38(31-47)32-48)41(30-42)15-12-26-53-46(50)34(5)6/h16-19,22-23,28-30,38,47-48H,3,5,7-15,20-21,24-27,31-32H2,1-2,4,6H3. The van der Waals surface area contributed by atoms with E-state index in [0.29, 0.717) is 49.9 Å². The molecule has 0 aliphatic heterocycles. The molecule has 288 valence electrons. The van der Waals surface area contributed by atoms with Gasteiger partial charge in [0.1, 0.15) is 5.75 Å². The number of carbonyl (C=O) groups excluding carboxylic acids is 2. The summed E-state index contributed by atoms with van der Waals surface area (Å²) < 4.78 is 17.3. The lowest BCUT2D eigenvalue weighted by Gasteiger charge is -2.21. The second kappa shape index (κ2) is 23.5. The van der Waals surface area contributed by atoms with Gasteiger partial charge in [-0.3, -0.25) is 0 Å². The first kappa shape index (κ1) is 43.2. The molecule has 3 aromatic rings. The van der Waals surface area contributed by atoms with E-state index in [1.54, 1.807) is 13.8 Å². The molecule has 0 atom stereocenters. The van der Waals surface area contributed by atoms with E-state index >= 15 is 0 Å². The van der Waals surface area contributed by atoms with Gasteiger partial charge in [0.15, 0.2) is 0 Å². The molecular formula is C46H62O7. The zero-order valence-corrected chi connectivity index (χ0v) is 32.6. The summed E-state index contributed by atoms with van der Waals surface area (Å²) in [5.74, 6) is -0.352. The molecule has 53 heavy (non-hydrogen) atoms. The predicted octanol–water partition coefficient (Wildman–Crippen LogP) is 8.91. The average molecular weight is 727 g/mol. The molecule has 0 aliphatic carbocycles. The van der Waals surface area contributed by atoms with Crippen molar-refractivity contribution in [3.8, 4) is 16.9 Å². The Kier molecular flexibility index (Phi) is 19.1. The molecule has 7 nitrogen and oxygen atoms in total. The highest BCUT2D eigenvalue weighted by atomic mass is 16.5. The third-order valence-electron chi connectivity index (χ3n) is 9.53. The van der Waals surface area contributed by atoms with Crippen LogP contribution in [0.1, 0.15) is 99.6 Å². The summed E-state index contributed by atoms with van der Waals surface area (Å²) in [6, 6.07) is 20.2. The van der Waals surface area contributed by atoms with Gasteiger partial charge in [0, 0.05) is 30.3 Å². The van der Waals surface area contributed by atoms with Crippen LogP contribution in [0.25, 0.3) is 11.1 Å². The molecule has 0 unspecified atom stereocenters. The largest absolute Gasteiger partial charge is 0.493 e. The molecule has 3 aromatic carbocycles. The van der Waals surface area contributed by atoms with Crippen LogP contribution < -0.4 is 4.74 Å². The topological polar surface area (TPSA) is 102 Å². The zero-order valence-electron chi connectivity index (χ0n) is 32.6. The first-order chi connectivity index (χ1) is 25.6. The number of esters is 2. The highest BCUT2D eigenvalue weighted by molar-refractivity contribution is 5.87. The minimum atomic E-state index is -0.411. The van der Waals surface area contributed by atoms with Gasteiger partial charge in [-0.15, -0.1) is 0 Å². The first-order valence-corrected chi connectivity index (χ1v) is 19.5. The lowest BCUT2D eigenvalue weighted by Crippen LogP contribution is -2.16. The second-order valence-corrected chi connectivity index (χ2v) is 14.2. The molecule has 0 aromatic heterocycles. The number of benzene rings is 3. The molecule has 2 N–H and O–H groups in total. The summed E-state index contributed by atoms with van der Waals surface area (Å²) in [5, 5.41) is 19.3. The fraction of sp³-hybridized carbons (Fsp3) is 0.478. The maximum atomic E-state index is 12.1. The van der Waals surface area contributed by atoms with E-state index in [9.17, 15) is 19.8 Å². The molecular weight excluding hydrogens is 664 g/mol. The SMILES string of the molecule is C=C(C)C(=O)OCCCc1cc(-c2ccc(CCc3ccc(CCCCC)cc3)cc2CC)cc(CCCOC(=O)C(=C)C)c1OCCC(CO)CO. The molecule has 7 heteroatoms. The normalized spacial score (nSPS) is 11.1. The van der Waals surface area contributed by atoms with Crippen LogP contribution in [0.2, 0.25) is 0 Å². The van der Waals surface area contributed by atoms with Crippen LogP contribution in [0.3, 0.4) is 0 Å².